The molecular weight excluding hydrogens is 200 g/mol. The predicted octanol–water partition coefficient (Wildman–Crippen LogP) is 1.08. The van der Waals surface area contributed by atoms with E-state index in [-0.39, 0.29) is 5.41 Å². The van der Waals surface area contributed by atoms with Gasteiger partial charge in [-0.1, -0.05) is 4.49 Å². The highest BCUT2D eigenvalue weighted by molar-refractivity contribution is 7.05. The highest BCUT2D eigenvalue weighted by Gasteiger charge is 2.33. The van der Waals surface area contributed by atoms with Crippen LogP contribution >= 0.6 is 11.5 Å². The maximum absolute atomic E-state index is 11.1. The minimum Gasteiger partial charge on any atom is -0.380 e. The summed E-state index contributed by atoms with van der Waals surface area (Å²) in [6.45, 7) is 1.31. The summed E-state index contributed by atoms with van der Waals surface area (Å²) in [5.74, 6) is 0. The SMILES string of the molecule is O=CC1(Cc2cnns2)CCCOC1. The number of carbonyl (C=O) groups excluding carboxylic acids is 1. The lowest BCUT2D eigenvalue weighted by molar-refractivity contribution is -0.123. The van der Waals surface area contributed by atoms with E-state index >= 15 is 0 Å². The van der Waals surface area contributed by atoms with E-state index < -0.39 is 0 Å². The van der Waals surface area contributed by atoms with Crippen LogP contribution in [0.2, 0.25) is 0 Å². The Morgan fingerprint density at radius 3 is 3.21 bits per heavy atom. The number of ether oxygens (including phenoxy) is 1. The van der Waals surface area contributed by atoms with Gasteiger partial charge in [-0.3, -0.25) is 0 Å². The zero-order valence-corrected chi connectivity index (χ0v) is 8.63. The average molecular weight is 212 g/mol. The summed E-state index contributed by atoms with van der Waals surface area (Å²) in [5, 5.41) is 3.76. The number of nitrogens with zero attached hydrogens (tertiary/aromatic N) is 2. The molecule has 0 amide bonds. The maximum Gasteiger partial charge on any atom is 0.128 e. The Balaban J connectivity index is 2.08. The summed E-state index contributed by atoms with van der Waals surface area (Å²) in [6.07, 6.45) is 5.35. The van der Waals surface area contributed by atoms with Gasteiger partial charge in [-0.2, -0.15) is 0 Å². The van der Waals surface area contributed by atoms with Gasteiger partial charge in [0.1, 0.15) is 6.29 Å². The number of aromatic nitrogens is 2. The maximum atomic E-state index is 11.1. The van der Waals surface area contributed by atoms with Crippen LogP contribution < -0.4 is 0 Å². The lowest BCUT2D eigenvalue weighted by Gasteiger charge is -2.31. The minimum absolute atomic E-state index is 0.327. The van der Waals surface area contributed by atoms with Gasteiger partial charge in [0.05, 0.1) is 18.2 Å². The van der Waals surface area contributed by atoms with Gasteiger partial charge in [0.25, 0.3) is 0 Å². The molecule has 1 aromatic heterocycles. The highest BCUT2D eigenvalue weighted by atomic mass is 32.1. The van der Waals surface area contributed by atoms with Gasteiger partial charge in [-0.25, -0.2) is 0 Å². The Morgan fingerprint density at radius 2 is 2.64 bits per heavy atom. The molecule has 1 aromatic rings. The molecule has 5 heteroatoms. The molecule has 4 nitrogen and oxygen atoms in total. The molecule has 1 aliphatic heterocycles. The van der Waals surface area contributed by atoms with Crippen LogP contribution in [0.1, 0.15) is 17.7 Å². The van der Waals surface area contributed by atoms with Crippen molar-refractivity contribution in [1.82, 2.24) is 9.59 Å². The van der Waals surface area contributed by atoms with Crippen molar-refractivity contribution in [2.24, 2.45) is 5.41 Å². The number of carbonyl (C=O) groups is 1. The summed E-state index contributed by atoms with van der Waals surface area (Å²) in [5.41, 5.74) is -0.327. The zero-order chi connectivity index (χ0) is 9.86. The van der Waals surface area contributed by atoms with Crippen molar-refractivity contribution in [3.8, 4) is 0 Å². The Morgan fingerprint density at radius 1 is 1.71 bits per heavy atom. The first-order chi connectivity index (χ1) is 6.85. The molecule has 1 fully saturated rings. The van der Waals surface area contributed by atoms with Crippen molar-refractivity contribution in [2.45, 2.75) is 19.3 Å². The van der Waals surface area contributed by atoms with E-state index in [4.69, 9.17) is 4.74 Å². The Labute approximate surface area is 86.4 Å². The average Bonchev–Trinajstić information content (AvgIpc) is 2.72. The van der Waals surface area contributed by atoms with Crippen molar-refractivity contribution in [1.29, 1.82) is 0 Å². The third kappa shape index (κ3) is 1.99. The van der Waals surface area contributed by atoms with Crippen LogP contribution in [0.25, 0.3) is 0 Å². The van der Waals surface area contributed by atoms with Crippen LogP contribution in [0.4, 0.5) is 0 Å². The summed E-state index contributed by atoms with van der Waals surface area (Å²) in [6, 6.07) is 0. The number of aldehydes is 1. The lowest BCUT2D eigenvalue weighted by Crippen LogP contribution is -2.35. The second kappa shape index (κ2) is 4.14. The third-order valence-corrected chi connectivity index (χ3v) is 3.20. The molecular formula is C9H12N2O2S. The Kier molecular flexibility index (Phi) is 2.88. The van der Waals surface area contributed by atoms with E-state index in [9.17, 15) is 4.79 Å². The van der Waals surface area contributed by atoms with Crippen molar-refractivity contribution < 1.29 is 9.53 Å². The van der Waals surface area contributed by atoms with Gasteiger partial charge in [0, 0.05) is 11.5 Å². The molecule has 2 heterocycles. The van der Waals surface area contributed by atoms with Gasteiger partial charge >= 0.3 is 0 Å². The van der Waals surface area contributed by atoms with Crippen molar-refractivity contribution in [2.75, 3.05) is 13.2 Å². The molecule has 0 aliphatic carbocycles. The van der Waals surface area contributed by atoms with Crippen molar-refractivity contribution in [3.05, 3.63) is 11.1 Å². The standard InChI is InChI=1S/C9H12N2O2S/c12-6-9(2-1-3-13-7-9)4-8-5-10-11-14-8/h5-6H,1-4,7H2. The molecule has 1 saturated heterocycles. The summed E-state index contributed by atoms with van der Waals surface area (Å²) in [4.78, 5) is 12.1. The molecule has 0 spiro atoms. The van der Waals surface area contributed by atoms with Crippen LogP contribution in [0, 0.1) is 5.41 Å². The van der Waals surface area contributed by atoms with Crippen LogP contribution in [0.5, 0.6) is 0 Å². The summed E-state index contributed by atoms with van der Waals surface area (Å²) >= 11 is 1.35. The normalized spacial score (nSPS) is 27.4. The number of hydrogen-bond donors (Lipinski definition) is 0. The number of hydrogen-bond acceptors (Lipinski definition) is 5. The molecule has 14 heavy (non-hydrogen) atoms. The molecule has 1 unspecified atom stereocenters. The zero-order valence-electron chi connectivity index (χ0n) is 7.81. The van der Waals surface area contributed by atoms with Crippen molar-refractivity contribution in [3.63, 3.8) is 0 Å². The van der Waals surface area contributed by atoms with Crippen LogP contribution in [0.15, 0.2) is 6.20 Å². The van der Waals surface area contributed by atoms with Gasteiger partial charge in [0.2, 0.25) is 0 Å². The van der Waals surface area contributed by atoms with Crippen LogP contribution in [0.3, 0.4) is 0 Å². The molecule has 1 aliphatic rings. The molecule has 0 N–H and O–H groups in total. The Hall–Kier alpha value is -0.810. The van der Waals surface area contributed by atoms with Gasteiger partial charge < -0.3 is 9.53 Å². The number of rotatable bonds is 3. The lowest BCUT2D eigenvalue weighted by atomic mass is 9.81. The van der Waals surface area contributed by atoms with E-state index in [1.54, 1.807) is 6.20 Å². The van der Waals surface area contributed by atoms with E-state index in [1.807, 2.05) is 0 Å². The van der Waals surface area contributed by atoms with Crippen LogP contribution in [-0.2, 0) is 16.0 Å². The van der Waals surface area contributed by atoms with Crippen LogP contribution in [-0.4, -0.2) is 29.1 Å². The molecule has 0 saturated carbocycles. The fourth-order valence-electron chi connectivity index (χ4n) is 1.76. The first-order valence-electron chi connectivity index (χ1n) is 4.65. The first kappa shape index (κ1) is 9.73. The molecule has 0 radical (unpaired) electrons. The minimum atomic E-state index is -0.327. The molecule has 2 rings (SSSR count). The van der Waals surface area contributed by atoms with Gasteiger partial charge in [0.15, 0.2) is 0 Å². The highest BCUT2D eigenvalue weighted by Crippen LogP contribution is 2.30. The van der Waals surface area contributed by atoms with Gasteiger partial charge in [-0.05, 0) is 30.8 Å². The largest absolute Gasteiger partial charge is 0.380 e. The summed E-state index contributed by atoms with van der Waals surface area (Å²) < 4.78 is 9.15. The monoisotopic (exact) mass is 212 g/mol. The predicted molar refractivity (Wildman–Crippen MR) is 52.2 cm³/mol. The second-order valence-electron chi connectivity index (χ2n) is 3.70. The smallest absolute Gasteiger partial charge is 0.128 e. The first-order valence-corrected chi connectivity index (χ1v) is 5.42. The Bertz CT molecular complexity index is 294. The summed E-state index contributed by atoms with van der Waals surface area (Å²) in [7, 11) is 0. The van der Waals surface area contributed by atoms with E-state index in [1.165, 1.54) is 11.5 Å². The topological polar surface area (TPSA) is 52.1 Å². The van der Waals surface area contributed by atoms with E-state index in [0.717, 1.165) is 30.6 Å². The van der Waals surface area contributed by atoms with Crippen molar-refractivity contribution >= 4 is 17.8 Å². The van der Waals surface area contributed by atoms with Gasteiger partial charge in [-0.15, -0.1) is 5.10 Å². The molecule has 0 aromatic carbocycles. The van der Waals surface area contributed by atoms with E-state index in [2.05, 4.69) is 9.59 Å². The molecule has 0 bridgehead atoms. The molecule has 76 valence electrons. The quantitative estimate of drug-likeness (QED) is 0.703. The molecule has 1 atom stereocenters. The third-order valence-electron chi connectivity index (χ3n) is 2.54. The second-order valence-corrected chi connectivity index (χ2v) is 4.57. The fraction of sp³-hybridized carbons (Fsp3) is 0.667. The fourth-order valence-corrected chi connectivity index (χ4v) is 2.41. The van der Waals surface area contributed by atoms with E-state index in [0.29, 0.717) is 13.0 Å².